The Labute approximate surface area is 129 Å². The molecule has 1 N–H and O–H groups in total. The van der Waals surface area contributed by atoms with E-state index in [0.29, 0.717) is 4.47 Å². The van der Waals surface area contributed by atoms with Gasteiger partial charge >= 0.3 is 0 Å². The van der Waals surface area contributed by atoms with E-state index in [1.165, 1.54) is 11.3 Å². The Balaban J connectivity index is 2.41. The molecule has 1 atom stereocenters. The summed E-state index contributed by atoms with van der Waals surface area (Å²) in [6.07, 6.45) is 0. The second kappa shape index (κ2) is 6.35. The summed E-state index contributed by atoms with van der Waals surface area (Å²) in [6, 6.07) is 7.24. The lowest BCUT2D eigenvalue weighted by atomic mass is 10.0. The van der Waals surface area contributed by atoms with E-state index in [1.807, 2.05) is 19.9 Å². The van der Waals surface area contributed by atoms with Gasteiger partial charge in [0.05, 0.1) is 14.9 Å². The fraction of sp³-hybridized carbons (Fsp3) is 0.286. The van der Waals surface area contributed by atoms with Crippen molar-refractivity contribution in [2.24, 2.45) is 0 Å². The van der Waals surface area contributed by atoms with Crippen molar-refractivity contribution in [2.75, 3.05) is 6.54 Å². The van der Waals surface area contributed by atoms with Gasteiger partial charge in [-0.25, -0.2) is 4.39 Å². The van der Waals surface area contributed by atoms with Crippen LogP contribution >= 0.6 is 38.9 Å². The molecule has 0 amide bonds. The maximum atomic E-state index is 13.7. The highest BCUT2D eigenvalue weighted by Gasteiger charge is 2.17. The average molecular weight is 363 g/mol. The first-order valence-electron chi connectivity index (χ1n) is 5.97. The van der Waals surface area contributed by atoms with Gasteiger partial charge in [-0.05, 0) is 58.7 Å². The zero-order valence-corrected chi connectivity index (χ0v) is 13.8. The number of halogens is 3. The van der Waals surface area contributed by atoms with Crippen molar-refractivity contribution in [1.82, 2.24) is 5.32 Å². The molecule has 0 spiro atoms. The molecule has 1 nitrogen and oxygen atoms in total. The fourth-order valence-electron chi connectivity index (χ4n) is 1.90. The minimum absolute atomic E-state index is 0.0243. The first-order valence-corrected chi connectivity index (χ1v) is 7.95. The summed E-state index contributed by atoms with van der Waals surface area (Å²) in [4.78, 5) is 1.10. The maximum Gasteiger partial charge on any atom is 0.137 e. The molecule has 1 heterocycles. The van der Waals surface area contributed by atoms with E-state index < -0.39 is 0 Å². The van der Waals surface area contributed by atoms with Crippen LogP contribution in [-0.2, 0) is 0 Å². The molecule has 5 heteroatoms. The number of benzene rings is 1. The van der Waals surface area contributed by atoms with E-state index in [2.05, 4.69) is 27.3 Å². The molecule has 0 radical (unpaired) electrons. The molecule has 0 aliphatic carbocycles. The highest BCUT2D eigenvalue weighted by atomic mass is 79.9. The van der Waals surface area contributed by atoms with Gasteiger partial charge in [-0.1, -0.05) is 24.6 Å². The van der Waals surface area contributed by atoms with E-state index >= 15 is 0 Å². The Morgan fingerprint density at radius 3 is 2.68 bits per heavy atom. The number of nitrogens with one attached hydrogen (secondary N) is 1. The van der Waals surface area contributed by atoms with Crippen LogP contribution in [0.3, 0.4) is 0 Å². The number of hydrogen-bond donors (Lipinski definition) is 1. The predicted octanol–water partition coefficient (Wildman–Crippen LogP) is 5.31. The SMILES string of the molecule is CCNC(c1ccc(Br)c(F)c1)c1cc(C)c(Cl)s1. The summed E-state index contributed by atoms with van der Waals surface area (Å²) >= 11 is 10.8. The Morgan fingerprint density at radius 2 is 2.16 bits per heavy atom. The normalized spacial score (nSPS) is 12.7. The Bertz CT molecular complexity index is 565. The number of aryl methyl sites for hydroxylation is 1. The quantitative estimate of drug-likeness (QED) is 0.777. The van der Waals surface area contributed by atoms with Crippen molar-refractivity contribution in [3.8, 4) is 0 Å². The summed E-state index contributed by atoms with van der Waals surface area (Å²) < 4.78 is 14.9. The summed E-state index contributed by atoms with van der Waals surface area (Å²) in [5, 5.41) is 3.37. The molecule has 0 aliphatic heterocycles. The summed E-state index contributed by atoms with van der Waals surface area (Å²) in [6.45, 7) is 4.81. The van der Waals surface area contributed by atoms with Gasteiger partial charge in [-0.3, -0.25) is 0 Å². The number of rotatable bonds is 4. The lowest BCUT2D eigenvalue weighted by Crippen LogP contribution is -2.21. The smallest absolute Gasteiger partial charge is 0.137 e. The van der Waals surface area contributed by atoms with Crippen molar-refractivity contribution >= 4 is 38.9 Å². The van der Waals surface area contributed by atoms with Crippen LogP contribution in [0.4, 0.5) is 4.39 Å². The van der Waals surface area contributed by atoms with Gasteiger partial charge in [0.15, 0.2) is 0 Å². The molecule has 0 saturated heterocycles. The van der Waals surface area contributed by atoms with Crippen molar-refractivity contribution in [3.63, 3.8) is 0 Å². The van der Waals surface area contributed by atoms with Crippen molar-refractivity contribution < 1.29 is 4.39 Å². The highest BCUT2D eigenvalue weighted by molar-refractivity contribution is 9.10. The highest BCUT2D eigenvalue weighted by Crippen LogP contribution is 2.34. The van der Waals surface area contributed by atoms with Gasteiger partial charge in [0.2, 0.25) is 0 Å². The van der Waals surface area contributed by atoms with Crippen LogP contribution in [0, 0.1) is 12.7 Å². The summed E-state index contributed by atoms with van der Waals surface area (Å²) in [5.41, 5.74) is 1.96. The minimum atomic E-state index is -0.250. The third-order valence-corrected chi connectivity index (χ3v) is 5.11. The third kappa shape index (κ3) is 3.37. The molecule has 1 aromatic carbocycles. The van der Waals surface area contributed by atoms with E-state index in [1.54, 1.807) is 12.1 Å². The third-order valence-electron chi connectivity index (χ3n) is 2.85. The van der Waals surface area contributed by atoms with Crippen LogP contribution < -0.4 is 5.32 Å². The topological polar surface area (TPSA) is 12.0 Å². The van der Waals surface area contributed by atoms with E-state index in [9.17, 15) is 4.39 Å². The Kier molecular flexibility index (Phi) is 5.01. The fourth-order valence-corrected chi connectivity index (χ4v) is 3.47. The zero-order valence-electron chi connectivity index (χ0n) is 10.6. The largest absolute Gasteiger partial charge is 0.306 e. The lowest BCUT2D eigenvalue weighted by molar-refractivity contribution is 0.602. The minimum Gasteiger partial charge on any atom is -0.306 e. The van der Waals surface area contributed by atoms with Crippen LogP contribution in [0.1, 0.15) is 29.0 Å². The van der Waals surface area contributed by atoms with E-state index in [4.69, 9.17) is 11.6 Å². The van der Waals surface area contributed by atoms with Gasteiger partial charge in [-0.2, -0.15) is 0 Å². The standard InChI is InChI=1S/C14H14BrClFNS/c1-3-18-13(12-6-8(2)14(16)19-12)9-4-5-10(15)11(17)7-9/h4-7,13,18H,3H2,1-2H3. The molecule has 2 rings (SSSR count). The van der Waals surface area contributed by atoms with Gasteiger partial charge in [0, 0.05) is 4.88 Å². The monoisotopic (exact) mass is 361 g/mol. The molecular weight excluding hydrogens is 349 g/mol. The first kappa shape index (κ1) is 15.0. The first-order chi connectivity index (χ1) is 9.02. The van der Waals surface area contributed by atoms with Gasteiger partial charge in [0.1, 0.15) is 5.82 Å². The van der Waals surface area contributed by atoms with Crippen LogP contribution in [-0.4, -0.2) is 6.54 Å². The predicted molar refractivity (Wildman–Crippen MR) is 83.7 cm³/mol. The Morgan fingerprint density at radius 1 is 1.42 bits per heavy atom. The Hall–Kier alpha value is -0.420. The van der Waals surface area contributed by atoms with Gasteiger partial charge in [0.25, 0.3) is 0 Å². The van der Waals surface area contributed by atoms with Crippen LogP contribution in [0.15, 0.2) is 28.7 Å². The molecular formula is C14H14BrClFNS. The summed E-state index contributed by atoms with van der Waals surface area (Å²) in [7, 11) is 0. The molecule has 1 unspecified atom stereocenters. The molecule has 2 aromatic rings. The van der Waals surface area contributed by atoms with Crippen LogP contribution in [0.5, 0.6) is 0 Å². The van der Waals surface area contributed by atoms with Gasteiger partial charge < -0.3 is 5.32 Å². The van der Waals surface area contributed by atoms with Crippen molar-refractivity contribution in [3.05, 3.63) is 54.9 Å². The summed E-state index contributed by atoms with van der Waals surface area (Å²) in [5.74, 6) is -0.250. The van der Waals surface area contributed by atoms with Crippen LogP contribution in [0.2, 0.25) is 4.34 Å². The second-order valence-electron chi connectivity index (χ2n) is 4.27. The van der Waals surface area contributed by atoms with Gasteiger partial charge in [-0.15, -0.1) is 11.3 Å². The molecule has 0 fully saturated rings. The molecule has 0 saturated carbocycles. The van der Waals surface area contributed by atoms with Crippen molar-refractivity contribution in [1.29, 1.82) is 0 Å². The lowest BCUT2D eigenvalue weighted by Gasteiger charge is -2.17. The molecule has 19 heavy (non-hydrogen) atoms. The maximum absolute atomic E-state index is 13.7. The molecule has 1 aromatic heterocycles. The number of thiophene rings is 1. The van der Waals surface area contributed by atoms with Crippen LogP contribution in [0.25, 0.3) is 0 Å². The molecule has 102 valence electrons. The second-order valence-corrected chi connectivity index (χ2v) is 6.81. The molecule has 0 aliphatic rings. The van der Waals surface area contributed by atoms with Crippen molar-refractivity contribution in [2.45, 2.75) is 19.9 Å². The molecule has 0 bridgehead atoms. The zero-order chi connectivity index (χ0) is 14.0. The van der Waals surface area contributed by atoms with E-state index in [0.717, 1.165) is 26.9 Å². The van der Waals surface area contributed by atoms with E-state index in [-0.39, 0.29) is 11.9 Å². The average Bonchev–Trinajstić information content (AvgIpc) is 2.70. The number of hydrogen-bond acceptors (Lipinski definition) is 2.